The van der Waals surface area contributed by atoms with Gasteiger partial charge in [0.1, 0.15) is 0 Å². The van der Waals surface area contributed by atoms with Crippen LogP contribution < -0.4 is 5.32 Å². The largest absolute Gasteiger partial charge is 0.361 e. The van der Waals surface area contributed by atoms with Crippen LogP contribution >= 0.6 is 0 Å². The summed E-state index contributed by atoms with van der Waals surface area (Å²) in [6.07, 6.45) is 1.90. The van der Waals surface area contributed by atoms with Crippen molar-refractivity contribution in [2.24, 2.45) is 0 Å². The van der Waals surface area contributed by atoms with E-state index in [1.54, 1.807) is 0 Å². The van der Waals surface area contributed by atoms with E-state index in [1.165, 1.54) is 0 Å². The first-order valence-corrected chi connectivity index (χ1v) is 5.68. The molecule has 0 saturated heterocycles. The molecule has 0 aliphatic carbocycles. The Morgan fingerprint density at radius 2 is 1.88 bits per heavy atom. The van der Waals surface area contributed by atoms with Crippen LogP contribution in [0.4, 0.5) is 0 Å². The fraction of sp³-hybridized carbons (Fsp3) is 0.333. The first-order valence-electron chi connectivity index (χ1n) is 5.68. The molecule has 1 aromatic carbocycles. The Kier molecular flexibility index (Phi) is 3.68. The second kappa shape index (κ2) is 5.05. The van der Waals surface area contributed by atoms with Gasteiger partial charge in [0.25, 0.3) is 0 Å². The smallest absolute Gasteiger partial charge is 0.0904 e. The molecular weight excluding hydrogens is 205 g/mol. The number of H-pyrrole nitrogens is 1. The zero-order valence-electron chi connectivity index (χ0n) is 9.85. The van der Waals surface area contributed by atoms with Crippen molar-refractivity contribution in [2.45, 2.75) is 24.6 Å². The highest BCUT2D eigenvalue weighted by Gasteiger charge is 2.16. The van der Waals surface area contributed by atoms with Crippen LogP contribution in [0.25, 0.3) is 10.9 Å². The zero-order chi connectivity index (χ0) is 12.4. The molecule has 6 radical (unpaired) electrons. The molecule has 1 heterocycles. The third-order valence-electron chi connectivity index (χ3n) is 2.82. The molecule has 0 saturated carbocycles. The van der Waals surface area contributed by atoms with E-state index in [0.717, 1.165) is 16.5 Å². The van der Waals surface area contributed by atoms with Crippen molar-refractivity contribution in [3.05, 3.63) is 36.0 Å². The molecule has 2 aromatic rings. The maximum absolute atomic E-state index is 6.13. The molecule has 0 aliphatic heterocycles. The van der Waals surface area contributed by atoms with Crippen LogP contribution in [-0.4, -0.2) is 40.4 Å². The molecule has 3 atom stereocenters. The summed E-state index contributed by atoms with van der Waals surface area (Å²) in [6.45, 7) is 1.84. The molecule has 80 valence electrons. The average molecular weight is 218 g/mol. The summed E-state index contributed by atoms with van der Waals surface area (Å²) in [5.74, 6) is -0.840. The molecule has 0 bridgehead atoms. The lowest BCUT2D eigenvalue weighted by molar-refractivity contribution is 0.615. The summed E-state index contributed by atoms with van der Waals surface area (Å²) in [6, 6.07) is 8.00. The number of aromatic amines is 1. The minimum absolute atomic E-state index is 0.179. The minimum atomic E-state index is -0.366. The third-order valence-corrected chi connectivity index (χ3v) is 2.82. The van der Waals surface area contributed by atoms with E-state index >= 15 is 0 Å². The first-order chi connectivity index (χ1) is 8.09. The normalized spacial score (nSPS) is 16.8. The average Bonchev–Trinajstić information content (AvgIpc) is 2.70. The van der Waals surface area contributed by atoms with Gasteiger partial charge < -0.3 is 10.3 Å². The van der Waals surface area contributed by atoms with Gasteiger partial charge in [-0.2, -0.15) is 0 Å². The molecule has 2 nitrogen and oxygen atoms in total. The van der Waals surface area contributed by atoms with Crippen LogP contribution in [0.5, 0.6) is 0 Å². The van der Waals surface area contributed by atoms with Crippen LogP contribution in [0.2, 0.25) is 0 Å². The van der Waals surface area contributed by atoms with Gasteiger partial charge in [0.15, 0.2) is 0 Å². The van der Waals surface area contributed by atoms with Gasteiger partial charge in [-0.15, -0.1) is 0 Å². The number of aromatic nitrogens is 1. The molecule has 17 heavy (non-hydrogen) atoms. The van der Waals surface area contributed by atoms with Gasteiger partial charge in [0.05, 0.1) is 23.5 Å². The molecule has 2 N–H and O–H groups in total. The Bertz CT molecular complexity index is 495. The van der Waals surface area contributed by atoms with E-state index in [9.17, 15) is 0 Å². The molecule has 1 aromatic heterocycles. The second-order valence-corrected chi connectivity index (χ2v) is 4.30. The van der Waals surface area contributed by atoms with Gasteiger partial charge in [-0.25, -0.2) is 0 Å². The Hall–Kier alpha value is -1.09. The molecule has 0 fully saturated rings. The van der Waals surface area contributed by atoms with E-state index < -0.39 is 0 Å². The van der Waals surface area contributed by atoms with Crippen molar-refractivity contribution in [3.8, 4) is 0 Å². The summed E-state index contributed by atoms with van der Waals surface area (Å²) < 4.78 is 0. The fourth-order valence-electron chi connectivity index (χ4n) is 1.97. The highest BCUT2D eigenvalue weighted by molar-refractivity contribution is 6.23. The third kappa shape index (κ3) is 2.60. The topological polar surface area (TPSA) is 27.8 Å². The van der Waals surface area contributed by atoms with Crippen molar-refractivity contribution < 1.29 is 0 Å². The summed E-state index contributed by atoms with van der Waals surface area (Å²) >= 11 is 0. The second-order valence-electron chi connectivity index (χ2n) is 4.30. The van der Waals surface area contributed by atoms with Crippen LogP contribution in [-0.2, 0) is 0 Å². The molecule has 2 rings (SSSR count). The molecular formula is C12H13B3N2. The molecule has 0 amide bonds. The number of fused-ring (bicyclic) bond motifs is 1. The number of para-hydroxylation sites is 1. The molecule has 5 heteroatoms. The SMILES string of the molecule is [B]C(C)NC([B])C([B])c1c[nH]c2ccccc12. The summed E-state index contributed by atoms with van der Waals surface area (Å²) in [4.78, 5) is 3.18. The van der Waals surface area contributed by atoms with Crippen molar-refractivity contribution in [3.63, 3.8) is 0 Å². The van der Waals surface area contributed by atoms with Crippen molar-refractivity contribution >= 4 is 34.4 Å². The first kappa shape index (κ1) is 12.4. The Morgan fingerprint density at radius 3 is 2.59 bits per heavy atom. The Labute approximate surface area is 106 Å². The lowest BCUT2D eigenvalue weighted by Gasteiger charge is -2.24. The van der Waals surface area contributed by atoms with Gasteiger partial charge in [-0.3, -0.25) is 0 Å². The fourth-order valence-corrected chi connectivity index (χ4v) is 1.97. The minimum Gasteiger partial charge on any atom is -0.361 e. The number of hydrogen-bond donors (Lipinski definition) is 2. The van der Waals surface area contributed by atoms with Crippen molar-refractivity contribution in [1.29, 1.82) is 0 Å². The number of nitrogens with one attached hydrogen (secondary N) is 2. The highest BCUT2D eigenvalue weighted by Crippen LogP contribution is 2.25. The Morgan fingerprint density at radius 1 is 1.18 bits per heavy atom. The van der Waals surface area contributed by atoms with Crippen molar-refractivity contribution in [2.75, 3.05) is 0 Å². The number of benzene rings is 1. The van der Waals surface area contributed by atoms with Gasteiger partial charge >= 0.3 is 0 Å². The maximum atomic E-state index is 6.13. The highest BCUT2D eigenvalue weighted by atomic mass is 14.9. The predicted octanol–water partition coefficient (Wildman–Crippen LogP) is 0.976. The number of rotatable bonds is 4. The van der Waals surface area contributed by atoms with Crippen LogP contribution in [0, 0.1) is 0 Å². The van der Waals surface area contributed by atoms with Crippen LogP contribution in [0.1, 0.15) is 18.3 Å². The lowest BCUT2D eigenvalue weighted by atomic mass is 9.67. The molecule has 0 spiro atoms. The van der Waals surface area contributed by atoms with Gasteiger partial charge in [-0.05, 0) is 29.3 Å². The van der Waals surface area contributed by atoms with Crippen LogP contribution in [0.15, 0.2) is 30.5 Å². The molecule has 0 aliphatic rings. The summed E-state index contributed by atoms with van der Waals surface area (Å²) in [7, 11) is 17.7. The van der Waals surface area contributed by atoms with Crippen LogP contribution in [0.3, 0.4) is 0 Å². The summed E-state index contributed by atoms with van der Waals surface area (Å²) in [5, 5.41) is 4.11. The lowest BCUT2D eigenvalue weighted by Crippen LogP contribution is -2.41. The van der Waals surface area contributed by atoms with Gasteiger partial charge in [0, 0.05) is 17.1 Å². The predicted molar refractivity (Wildman–Crippen MR) is 74.7 cm³/mol. The monoisotopic (exact) mass is 218 g/mol. The summed E-state index contributed by atoms with van der Waals surface area (Å²) in [5.41, 5.74) is 2.06. The quantitative estimate of drug-likeness (QED) is 0.735. The van der Waals surface area contributed by atoms with E-state index in [2.05, 4.69) is 10.3 Å². The molecule has 3 unspecified atom stereocenters. The van der Waals surface area contributed by atoms with E-state index in [0.29, 0.717) is 0 Å². The maximum Gasteiger partial charge on any atom is 0.0904 e. The zero-order valence-corrected chi connectivity index (χ0v) is 9.85. The van der Waals surface area contributed by atoms with E-state index in [4.69, 9.17) is 23.5 Å². The Balaban J connectivity index is 2.27. The van der Waals surface area contributed by atoms with Crippen molar-refractivity contribution in [1.82, 2.24) is 10.3 Å². The van der Waals surface area contributed by atoms with E-state index in [-0.39, 0.29) is 17.7 Å². The standard InChI is InChI=1S/C12H13B3N2/c1-7(13)17-12(15)11(14)9-6-16-10-5-3-2-4-8(9)10/h2-7,11-12,16-17H,1H3. The van der Waals surface area contributed by atoms with Gasteiger partial charge in [0.2, 0.25) is 0 Å². The number of hydrogen-bond acceptors (Lipinski definition) is 1. The van der Waals surface area contributed by atoms with E-state index in [1.807, 2.05) is 37.4 Å². The van der Waals surface area contributed by atoms with Gasteiger partial charge in [-0.1, -0.05) is 25.1 Å².